The Kier molecular flexibility index (Phi) is 6.68. The number of hydrogen-bond acceptors (Lipinski definition) is 7. The molecular weight excluding hydrogens is 408 g/mol. The van der Waals surface area contributed by atoms with Crippen LogP contribution in [0.1, 0.15) is 23.2 Å². The smallest absolute Gasteiger partial charge is 0.293 e. The molecule has 9 nitrogen and oxygen atoms in total. The Morgan fingerprint density at radius 2 is 1.87 bits per heavy atom. The fourth-order valence-electron chi connectivity index (χ4n) is 3.28. The van der Waals surface area contributed by atoms with E-state index in [9.17, 15) is 14.9 Å². The summed E-state index contributed by atoms with van der Waals surface area (Å²) in [7, 11) is 3.04. The highest BCUT2D eigenvalue weighted by molar-refractivity contribution is 7.80. The van der Waals surface area contributed by atoms with Crippen LogP contribution >= 0.6 is 12.2 Å². The molecule has 2 aromatic carbocycles. The summed E-state index contributed by atoms with van der Waals surface area (Å²) in [4.78, 5) is 25.6. The van der Waals surface area contributed by atoms with Gasteiger partial charge in [0.05, 0.1) is 24.8 Å². The van der Waals surface area contributed by atoms with Crippen molar-refractivity contribution in [3.05, 3.63) is 52.1 Å². The van der Waals surface area contributed by atoms with E-state index in [-0.39, 0.29) is 16.4 Å². The van der Waals surface area contributed by atoms with Gasteiger partial charge in [-0.3, -0.25) is 20.2 Å². The summed E-state index contributed by atoms with van der Waals surface area (Å²) in [6.45, 7) is 1.53. The number of rotatable bonds is 6. The molecule has 1 aliphatic rings. The van der Waals surface area contributed by atoms with Crippen molar-refractivity contribution in [1.82, 2.24) is 5.32 Å². The van der Waals surface area contributed by atoms with Gasteiger partial charge in [-0.1, -0.05) is 0 Å². The Balaban J connectivity index is 1.75. The van der Waals surface area contributed by atoms with Crippen LogP contribution in [-0.4, -0.2) is 43.3 Å². The van der Waals surface area contributed by atoms with E-state index in [4.69, 9.17) is 21.7 Å². The first kappa shape index (κ1) is 21.3. The lowest BCUT2D eigenvalue weighted by Gasteiger charge is -2.18. The summed E-state index contributed by atoms with van der Waals surface area (Å²) in [6.07, 6.45) is 1.99. The summed E-state index contributed by atoms with van der Waals surface area (Å²) in [5.41, 5.74) is 1.08. The standard InChI is InChI=1S/C20H22N4O5S/c1-28-14-6-8-18(29-2)15(12-14)21-20(30)22-19(25)13-5-7-16(17(11-13)24(26)27)23-9-3-4-10-23/h5-8,11-12H,3-4,9-10H2,1-2H3,(H2,21,22,25,30). The Morgan fingerprint density at radius 3 is 2.50 bits per heavy atom. The molecule has 2 aromatic rings. The minimum atomic E-state index is -0.551. The van der Waals surface area contributed by atoms with Gasteiger partial charge in [-0.05, 0) is 49.3 Å². The summed E-state index contributed by atoms with van der Waals surface area (Å²) in [5, 5.41) is 17.0. The number of nitrogens with one attached hydrogen (secondary N) is 2. The summed E-state index contributed by atoms with van der Waals surface area (Å²) >= 11 is 5.22. The van der Waals surface area contributed by atoms with Crippen LogP contribution in [0.4, 0.5) is 17.1 Å². The van der Waals surface area contributed by atoms with Crippen LogP contribution < -0.4 is 25.0 Å². The van der Waals surface area contributed by atoms with Crippen molar-refractivity contribution >= 4 is 40.3 Å². The minimum Gasteiger partial charge on any atom is -0.497 e. The second-order valence-corrected chi connectivity index (χ2v) is 7.04. The second kappa shape index (κ2) is 9.40. The molecule has 0 unspecified atom stereocenters. The van der Waals surface area contributed by atoms with Crippen LogP contribution in [0.3, 0.4) is 0 Å². The number of nitro benzene ring substituents is 1. The van der Waals surface area contributed by atoms with E-state index >= 15 is 0 Å². The van der Waals surface area contributed by atoms with E-state index in [1.807, 2.05) is 4.90 Å². The first-order valence-corrected chi connectivity index (χ1v) is 9.71. The topological polar surface area (TPSA) is 106 Å². The maximum absolute atomic E-state index is 12.6. The van der Waals surface area contributed by atoms with Gasteiger partial charge in [-0.25, -0.2) is 0 Å². The first-order chi connectivity index (χ1) is 14.4. The summed E-state index contributed by atoms with van der Waals surface area (Å²) in [5.74, 6) is 0.545. The predicted octanol–water partition coefficient (Wildman–Crippen LogP) is 3.34. The molecule has 30 heavy (non-hydrogen) atoms. The first-order valence-electron chi connectivity index (χ1n) is 9.30. The van der Waals surface area contributed by atoms with Gasteiger partial charge < -0.3 is 19.7 Å². The third-order valence-electron chi connectivity index (χ3n) is 4.76. The monoisotopic (exact) mass is 430 g/mol. The molecule has 3 rings (SSSR count). The Morgan fingerprint density at radius 1 is 1.13 bits per heavy atom. The van der Waals surface area contributed by atoms with Crippen LogP contribution in [0.15, 0.2) is 36.4 Å². The van der Waals surface area contributed by atoms with E-state index in [1.54, 1.807) is 30.3 Å². The van der Waals surface area contributed by atoms with Crippen LogP contribution in [-0.2, 0) is 0 Å². The highest BCUT2D eigenvalue weighted by atomic mass is 32.1. The molecule has 0 aliphatic carbocycles. The molecule has 0 aromatic heterocycles. The second-order valence-electron chi connectivity index (χ2n) is 6.63. The molecule has 1 heterocycles. The Hall–Kier alpha value is -3.40. The number of hydrogen-bond donors (Lipinski definition) is 2. The van der Waals surface area contributed by atoms with E-state index in [0.717, 1.165) is 25.9 Å². The Bertz CT molecular complexity index is 976. The quantitative estimate of drug-likeness (QED) is 0.408. The van der Waals surface area contributed by atoms with Gasteiger partial charge in [0.15, 0.2) is 5.11 Å². The largest absolute Gasteiger partial charge is 0.497 e. The lowest BCUT2D eigenvalue weighted by atomic mass is 10.1. The SMILES string of the molecule is COc1ccc(OC)c(NC(=S)NC(=O)c2ccc(N3CCCC3)c([N+](=O)[O-])c2)c1. The van der Waals surface area contributed by atoms with Crippen molar-refractivity contribution in [2.75, 3.05) is 37.5 Å². The maximum Gasteiger partial charge on any atom is 0.293 e. The molecule has 158 valence electrons. The highest BCUT2D eigenvalue weighted by Gasteiger charge is 2.24. The van der Waals surface area contributed by atoms with Crippen LogP contribution in [0.25, 0.3) is 0 Å². The molecule has 0 atom stereocenters. The number of nitro groups is 1. The zero-order valence-corrected chi connectivity index (χ0v) is 17.5. The number of benzene rings is 2. The Labute approximate surface area is 179 Å². The molecule has 0 radical (unpaired) electrons. The van der Waals surface area contributed by atoms with Gasteiger partial charge in [-0.15, -0.1) is 0 Å². The fraction of sp³-hybridized carbons (Fsp3) is 0.300. The van der Waals surface area contributed by atoms with Crippen molar-refractivity contribution in [2.24, 2.45) is 0 Å². The molecule has 0 saturated carbocycles. The summed E-state index contributed by atoms with van der Waals surface area (Å²) in [6, 6.07) is 9.55. The maximum atomic E-state index is 12.6. The van der Waals surface area contributed by atoms with Crippen molar-refractivity contribution in [2.45, 2.75) is 12.8 Å². The van der Waals surface area contributed by atoms with Crippen molar-refractivity contribution in [3.8, 4) is 11.5 Å². The van der Waals surface area contributed by atoms with Gasteiger partial charge in [0.1, 0.15) is 17.2 Å². The predicted molar refractivity (Wildman–Crippen MR) is 118 cm³/mol. The number of anilines is 2. The zero-order valence-electron chi connectivity index (χ0n) is 16.6. The molecule has 1 aliphatic heterocycles. The minimum absolute atomic E-state index is 0.0258. The van der Waals surface area contributed by atoms with Crippen LogP contribution in [0, 0.1) is 10.1 Å². The molecule has 0 spiro atoms. The lowest BCUT2D eigenvalue weighted by Crippen LogP contribution is -2.34. The van der Waals surface area contributed by atoms with E-state index in [0.29, 0.717) is 22.9 Å². The number of amides is 1. The summed E-state index contributed by atoms with van der Waals surface area (Å²) < 4.78 is 10.5. The number of carbonyl (C=O) groups excluding carboxylic acids is 1. The third kappa shape index (κ3) is 4.77. The molecule has 0 bridgehead atoms. The van der Waals surface area contributed by atoms with Gasteiger partial charge >= 0.3 is 0 Å². The molecule has 1 fully saturated rings. The molecule has 10 heteroatoms. The van der Waals surface area contributed by atoms with Gasteiger partial charge in [0, 0.05) is 30.8 Å². The molecule has 1 saturated heterocycles. The normalized spacial score (nSPS) is 12.9. The molecule has 1 amide bonds. The zero-order chi connectivity index (χ0) is 21.7. The number of nitrogens with zero attached hydrogens (tertiary/aromatic N) is 2. The average Bonchev–Trinajstić information content (AvgIpc) is 3.27. The lowest BCUT2D eigenvalue weighted by molar-refractivity contribution is -0.384. The number of thiocarbonyl (C=S) groups is 1. The van der Waals surface area contributed by atoms with E-state index in [1.165, 1.54) is 20.3 Å². The van der Waals surface area contributed by atoms with Crippen LogP contribution in [0.2, 0.25) is 0 Å². The van der Waals surface area contributed by atoms with Gasteiger partial charge in [0.25, 0.3) is 11.6 Å². The van der Waals surface area contributed by atoms with Crippen molar-refractivity contribution < 1.29 is 19.2 Å². The number of methoxy groups -OCH3 is 2. The van der Waals surface area contributed by atoms with Gasteiger partial charge in [-0.2, -0.15) is 0 Å². The van der Waals surface area contributed by atoms with Crippen molar-refractivity contribution in [1.29, 1.82) is 0 Å². The van der Waals surface area contributed by atoms with Crippen LogP contribution in [0.5, 0.6) is 11.5 Å². The van der Waals surface area contributed by atoms with Crippen molar-refractivity contribution in [3.63, 3.8) is 0 Å². The molecular formula is C20H22N4O5S. The number of ether oxygens (including phenoxy) is 2. The fourth-order valence-corrected chi connectivity index (χ4v) is 3.48. The third-order valence-corrected chi connectivity index (χ3v) is 4.97. The average molecular weight is 430 g/mol. The van der Waals surface area contributed by atoms with Gasteiger partial charge in [0.2, 0.25) is 0 Å². The highest BCUT2D eigenvalue weighted by Crippen LogP contribution is 2.32. The van der Waals surface area contributed by atoms with E-state index < -0.39 is 10.8 Å². The molecule has 2 N–H and O–H groups in total. The number of carbonyl (C=O) groups is 1. The van der Waals surface area contributed by atoms with E-state index in [2.05, 4.69) is 10.6 Å².